The van der Waals surface area contributed by atoms with Crippen LogP contribution >= 0.6 is 28.1 Å². The van der Waals surface area contributed by atoms with Gasteiger partial charge >= 0.3 is 0 Å². The van der Waals surface area contributed by atoms with Crippen LogP contribution in [0.5, 0.6) is 5.75 Å². The van der Waals surface area contributed by atoms with Gasteiger partial charge in [-0.15, -0.1) is 0 Å². The lowest BCUT2D eigenvalue weighted by molar-refractivity contribution is 0.0700. The molecule has 21 heavy (non-hydrogen) atoms. The normalized spacial score (nSPS) is 10.2. The average Bonchev–Trinajstić information content (AvgIpc) is 2.47. The summed E-state index contributed by atoms with van der Waals surface area (Å²) >= 11 is 8.27. The van der Waals surface area contributed by atoms with Crippen molar-refractivity contribution in [3.8, 4) is 5.75 Å². The van der Waals surface area contributed by atoms with Gasteiger partial charge in [0, 0.05) is 31.1 Å². The Kier molecular flexibility index (Phi) is 7.63. The summed E-state index contributed by atoms with van der Waals surface area (Å²) in [7, 11) is 3.16. The second kappa shape index (κ2) is 8.96. The lowest BCUT2D eigenvalue weighted by Gasteiger charge is -2.23. The Morgan fingerprint density at radius 2 is 2.10 bits per heavy atom. The summed E-state index contributed by atoms with van der Waals surface area (Å²) in [5.41, 5.74) is 6.05. The summed E-state index contributed by atoms with van der Waals surface area (Å²) in [6.07, 6.45) is 0.479. The smallest absolute Gasteiger partial charge is 0.255 e. The first-order valence-electron chi connectivity index (χ1n) is 6.39. The van der Waals surface area contributed by atoms with E-state index in [2.05, 4.69) is 15.9 Å². The van der Waals surface area contributed by atoms with Gasteiger partial charge in [0.15, 0.2) is 0 Å². The van der Waals surface area contributed by atoms with E-state index in [-0.39, 0.29) is 5.91 Å². The zero-order valence-corrected chi connectivity index (χ0v) is 14.5. The van der Waals surface area contributed by atoms with Gasteiger partial charge in [-0.05, 0) is 34.1 Å². The molecule has 0 bridgehead atoms. The van der Waals surface area contributed by atoms with Gasteiger partial charge in [-0.1, -0.05) is 12.2 Å². The molecule has 1 amide bonds. The van der Waals surface area contributed by atoms with E-state index < -0.39 is 0 Å². The molecule has 0 atom stereocenters. The molecule has 0 radical (unpaired) electrons. The molecule has 1 rings (SSSR count). The van der Waals surface area contributed by atoms with Gasteiger partial charge in [0.1, 0.15) is 5.75 Å². The standard InChI is InChI=1S/C14H19BrN2O3S/c1-19-8-7-17(6-5-13(16)21)14(18)11-9-10(20-2)3-4-12(11)15/h3-4,9H,5-8H2,1-2H3,(H2,16,21). The Labute approximate surface area is 138 Å². The highest BCUT2D eigenvalue weighted by atomic mass is 79.9. The number of amides is 1. The molecule has 7 heteroatoms. The molecule has 0 saturated carbocycles. The molecule has 0 saturated heterocycles. The molecule has 0 aliphatic carbocycles. The molecule has 116 valence electrons. The van der Waals surface area contributed by atoms with Crippen LogP contribution in [0.1, 0.15) is 16.8 Å². The molecule has 1 aromatic rings. The first-order valence-corrected chi connectivity index (χ1v) is 7.59. The fourth-order valence-corrected chi connectivity index (χ4v) is 2.23. The summed E-state index contributed by atoms with van der Waals surface area (Å²) < 4.78 is 10.9. The Hall–Kier alpha value is -1.18. The summed E-state index contributed by atoms with van der Waals surface area (Å²) in [6, 6.07) is 5.27. The van der Waals surface area contributed by atoms with Crippen molar-refractivity contribution in [2.75, 3.05) is 33.9 Å². The van der Waals surface area contributed by atoms with Gasteiger partial charge in [0.05, 0.1) is 24.3 Å². The van der Waals surface area contributed by atoms with Gasteiger partial charge in [0.2, 0.25) is 0 Å². The topological polar surface area (TPSA) is 64.8 Å². The van der Waals surface area contributed by atoms with Crippen LogP contribution in [0, 0.1) is 0 Å². The van der Waals surface area contributed by atoms with Gasteiger partial charge in [0.25, 0.3) is 5.91 Å². The average molecular weight is 375 g/mol. The highest BCUT2D eigenvalue weighted by molar-refractivity contribution is 9.10. The van der Waals surface area contributed by atoms with Gasteiger partial charge in [-0.3, -0.25) is 4.79 Å². The molecule has 0 aliphatic rings. The lowest BCUT2D eigenvalue weighted by atomic mass is 10.2. The first kappa shape index (κ1) is 17.9. The quantitative estimate of drug-likeness (QED) is 0.706. The van der Waals surface area contributed by atoms with Crippen LogP contribution in [-0.4, -0.2) is 49.7 Å². The van der Waals surface area contributed by atoms with Gasteiger partial charge in [-0.2, -0.15) is 0 Å². The lowest BCUT2D eigenvalue weighted by Crippen LogP contribution is -2.36. The van der Waals surface area contributed by atoms with E-state index in [0.29, 0.717) is 46.9 Å². The minimum absolute atomic E-state index is 0.117. The van der Waals surface area contributed by atoms with E-state index in [9.17, 15) is 4.79 Å². The van der Waals surface area contributed by atoms with E-state index in [1.54, 1.807) is 37.3 Å². The first-order chi connectivity index (χ1) is 9.99. The molecule has 5 nitrogen and oxygen atoms in total. The molecule has 1 aromatic carbocycles. The largest absolute Gasteiger partial charge is 0.497 e. The summed E-state index contributed by atoms with van der Waals surface area (Å²) in [5.74, 6) is 0.511. The predicted octanol–water partition coefficient (Wildman–Crippen LogP) is 2.22. The number of nitrogens with zero attached hydrogens (tertiary/aromatic N) is 1. The summed E-state index contributed by atoms with van der Waals surface area (Å²) in [6.45, 7) is 1.38. The monoisotopic (exact) mass is 374 g/mol. The number of rotatable bonds is 8. The SMILES string of the molecule is COCCN(CCC(N)=S)C(=O)c1cc(OC)ccc1Br. The van der Waals surface area contributed by atoms with Crippen molar-refractivity contribution in [3.05, 3.63) is 28.2 Å². The third-order valence-electron chi connectivity index (χ3n) is 2.88. The molecule has 2 N–H and O–H groups in total. The third kappa shape index (κ3) is 5.61. The third-order valence-corrected chi connectivity index (χ3v) is 3.78. The maximum Gasteiger partial charge on any atom is 0.255 e. The van der Waals surface area contributed by atoms with Crippen molar-refractivity contribution in [1.82, 2.24) is 4.90 Å². The zero-order chi connectivity index (χ0) is 15.8. The number of carbonyl (C=O) groups is 1. The number of methoxy groups -OCH3 is 2. The van der Waals surface area contributed by atoms with Crippen LogP contribution in [0.2, 0.25) is 0 Å². The number of nitrogens with two attached hydrogens (primary N) is 1. The van der Waals surface area contributed by atoms with Crippen molar-refractivity contribution in [2.45, 2.75) is 6.42 Å². The van der Waals surface area contributed by atoms with E-state index >= 15 is 0 Å². The molecule has 0 unspecified atom stereocenters. The number of ether oxygens (including phenoxy) is 2. The molecule has 0 aromatic heterocycles. The minimum Gasteiger partial charge on any atom is -0.497 e. The molecule has 0 aliphatic heterocycles. The van der Waals surface area contributed by atoms with Crippen LogP contribution in [0.25, 0.3) is 0 Å². The van der Waals surface area contributed by atoms with Crippen molar-refractivity contribution in [1.29, 1.82) is 0 Å². The summed E-state index contributed by atoms with van der Waals surface area (Å²) in [4.78, 5) is 14.7. The molecule has 0 heterocycles. The van der Waals surface area contributed by atoms with Crippen molar-refractivity contribution in [2.24, 2.45) is 5.73 Å². The summed E-state index contributed by atoms with van der Waals surface area (Å²) in [5, 5.41) is 0. The predicted molar refractivity (Wildman–Crippen MR) is 89.9 cm³/mol. The molecule has 0 fully saturated rings. The van der Waals surface area contributed by atoms with Crippen LogP contribution in [-0.2, 0) is 4.74 Å². The molecule has 0 spiro atoms. The van der Waals surface area contributed by atoms with Crippen molar-refractivity contribution >= 4 is 39.0 Å². The highest BCUT2D eigenvalue weighted by Gasteiger charge is 2.19. The molecular weight excluding hydrogens is 356 g/mol. The second-order valence-electron chi connectivity index (χ2n) is 4.35. The maximum absolute atomic E-state index is 12.7. The number of carbonyl (C=O) groups excluding carboxylic acids is 1. The number of halogens is 1. The number of benzene rings is 1. The second-order valence-corrected chi connectivity index (χ2v) is 5.73. The Morgan fingerprint density at radius 1 is 1.38 bits per heavy atom. The fourth-order valence-electron chi connectivity index (χ4n) is 1.73. The molecular formula is C14H19BrN2O3S. The number of hydrogen-bond acceptors (Lipinski definition) is 4. The number of hydrogen-bond donors (Lipinski definition) is 1. The Bertz CT molecular complexity index is 511. The Balaban J connectivity index is 2.94. The fraction of sp³-hybridized carbons (Fsp3) is 0.429. The minimum atomic E-state index is -0.117. The van der Waals surface area contributed by atoms with E-state index in [4.69, 9.17) is 27.4 Å². The number of thiocarbonyl (C=S) groups is 1. The van der Waals surface area contributed by atoms with Gasteiger partial charge < -0.3 is 20.1 Å². The van der Waals surface area contributed by atoms with E-state index in [1.165, 1.54) is 0 Å². The van der Waals surface area contributed by atoms with E-state index in [1.807, 2.05) is 0 Å². The Morgan fingerprint density at radius 3 is 2.67 bits per heavy atom. The van der Waals surface area contributed by atoms with Crippen LogP contribution in [0.4, 0.5) is 0 Å². The van der Waals surface area contributed by atoms with Crippen LogP contribution in [0.15, 0.2) is 22.7 Å². The zero-order valence-electron chi connectivity index (χ0n) is 12.1. The van der Waals surface area contributed by atoms with Gasteiger partial charge in [-0.25, -0.2) is 0 Å². The van der Waals surface area contributed by atoms with Crippen molar-refractivity contribution < 1.29 is 14.3 Å². The van der Waals surface area contributed by atoms with Crippen LogP contribution < -0.4 is 10.5 Å². The maximum atomic E-state index is 12.7. The van der Waals surface area contributed by atoms with Crippen molar-refractivity contribution in [3.63, 3.8) is 0 Å². The highest BCUT2D eigenvalue weighted by Crippen LogP contribution is 2.24. The van der Waals surface area contributed by atoms with E-state index in [0.717, 1.165) is 0 Å². The van der Waals surface area contributed by atoms with Crippen LogP contribution in [0.3, 0.4) is 0 Å².